The summed E-state index contributed by atoms with van der Waals surface area (Å²) in [4.78, 5) is 15.6. The molecule has 0 heterocycles. The third-order valence-electron chi connectivity index (χ3n) is 3.89. The summed E-state index contributed by atoms with van der Waals surface area (Å²) in [6.45, 7) is 0.933. The predicted octanol–water partition coefficient (Wildman–Crippen LogP) is 1.76. The van der Waals surface area contributed by atoms with Crippen LogP contribution in [0, 0.1) is 5.92 Å². The van der Waals surface area contributed by atoms with Gasteiger partial charge in [-0.1, -0.05) is 25.7 Å². The van der Waals surface area contributed by atoms with Crippen LogP contribution in [-0.2, 0) is 4.79 Å². The monoisotopic (exact) mass is 394 g/mol. The second-order valence-electron chi connectivity index (χ2n) is 5.78. The van der Waals surface area contributed by atoms with E-state index in [-0.39, 0.29) is 36.4 Å². The first-order valence-corrected chi connectivity index (χ1v) is 7.57. The molecule has 2 fully saturated rings. The van der Waals surface area contributed by atoms with Gasteiger partial charge < -0.3 is 16.4 Å². The number of aliphatic imine (C=N–C) groups is 1. The lowest BCUT2D eigenvalue weighted by Gasteiger charge is -2.16. The molecule has 20 heavy (non-hydrogen) atoms. The molecule has 0 saturated heterocycles. The molecular weight excluding hydrogens is 367 g/mol. The summed E-state index contributed by atoms with van der Waals surface area (Å²) in [5, 5.41) is 6.12. The molecule has 2 aliphatic rings. The van der Waals surface area contributed by atoms with Gasteiger partial charge in [0.25, 0.3) is 0 Å². The van der Waals surface area contributed by atoms with E-state index in [1.165, 1.54) is 38.5 Å². The fraction of sp³-hybridized carbons (Fsp3) is 0.857. The molecule has 5 nitrogen and oxygen atoms in total. The lowest BCUT2D eigenvalue weighted by Crippen LogP contribution is -2.40. The summed E-state index contributed by atoms with van der Waals surface area (Å²) in [7, 11) is 0. The van der Waals surface area contributed by atoms with Crippen LogP contribution in [0.25, 0.3) is 0 Å². The highest BCUT2D eigenvalue weighted by Crippen LogP contribution is 2.27. The number of nitrogens with zero attached hydrogens (tertiary/aromatic N) is 1. The Bertz CT molecular complexity index is 323. The van der Waals surface area contributed by atoms with Gasteiger partial charge in [-0.15, -0.1) is 24.0 Å². The van der Waals surface area contributed by atoms with Crippen molar-refractivity contribution in [2.24, 2.45) is 16.6 Å². The molecule has 0 aromatic carbocycles. The second kappa shape index (κ2) is 9.41. The molecule has 0 unspecified atom stereocenters. The highest BCUT2D eigenvalue weighted by molar-refractivity contribution is 14.0. The van der Waals surface area contributed by atoms with E-state index in [9.17, 15) is 4.79 Å². The van der Waals surface area contributed by atoms with Gasteiger partial charge in [0.2, 0.25) is 5.91 Å². The van der Waals surface area contributed by atoms with Gasteiger partial charge in [0.05, 0.1) is 0 Å². The maximum atomic E-state index is 11.5. The van der Waals surface area contributed by atoms with E-state index in [4.69, 9.17) is 5.73 Å². The normalized spacial score (nSPS) is 20.7. The summed E-state index contributed by atoms with van der Waals surface area (Å²) in [5.74, 6) is 1.08. The minimum Gasteiger partial charge on any atom is -0.370 e. The number of rotatable bonds is 5. The summed E-state index contributed by atoms with van der Waals surface area (Å²) in [6, 6.07) is 0.431. The van der Waals surface area contributed by atoms with Crippen molar-refractivity contribution in [2.45, 2.75) is 57.4 Å². The van der Waals surface area contributed by atoms with E-state index in [1.807, 2.05) is 0 Å². The van der Waals surface area contributed by atoms with Gasteiger partial charge in [-0.2, -0.15) is 0 Å². The van der Waals surface area contributed by atoms with Crippen LogP contribution < -0.4 is 16.4 Å². The highest BCUT2D eigenvalue weighted by atomic mass is 127. The number of guanidine groups is 1. The van der Waals surface area contributed by atoms with Crippen molar-refractivity contribution in [1.82, 2.24) is 10.6 Å². The Labute approximate surface area is 138 Å². The number of carbonyl (C=O) groups is 1. The molecular formula is C14H27IN4O. The van der Waals surface area contributed by atoms with Crippen LogP contribution in [-0.4, -0.2) is 31.0 Å². The molecule has 2 aliphatic carbocycles. The first kappa shape index (κ1) is 17.5. The number of nitrogens with two attached hydrogens (primary N) is 1. The first-order chi connectivity index (χ1) is 9.24. The van der Waals surface area contributed by atoms with Gasteiger partial charge in [-0.3, -0.25) is 4.79 Å². The molecule has 0 spiro atoms. The minimum atomic E-state index is -0.0301. The van der Waals surface area contributed by atoms with Gasteiger partial charge in [-0.25, -0.2) is 4.99 Å². The molecule has 6 heteroatoms. The van der Waals surface area contributed by atoms with Gasteiger partial charge in [0.15, 0.2) is 5.96 Å². The molecule has 0 bridgehead atoms. The fourth-order valence-corrected chi connectivity index (χ4v) is 2.47. The Kier molecular flexibility index (Phi) is 8.25. The fourth-order valence-electron chi connectivity index (χ4n) is 2.47. The van der Waals surface area contributed by atoms with Crippen molar-refractivity contribution in [3.8, 4) is 0 Å². The number of nitrogens with one attached hydrogen (secondary N) is 2. The molecule has 116 valence electrons. The van der Waals surface area contributed by atoms with Crippen LogP contribution in [0.5, 0.6) is 0 Å². The van der Waals surface area contributed by atoms with Crippen molar-refractivity contribution >= 4 is 35.8 Å². The molecule has 0 aromatic heterocycles. The van der Waals surface area contributed by atoms with E-state index >= 15 is 0 Å². The third-order valence-corrected chi connectivity index (χ3v) is 3.89. The van der Waals surface area contributed by atoms with E-state index < -0.39 is 0 Å². The molecule has 0 aliphatic heterocycles. The third kappa shape index (κ3) is 7.31. The van der Waals surface area contributed by atoms with E-state index in [0.29, 0.717) is 17.9 Å². The summed E-state index contributed by atoms with van der Waals surface area (Å²) in [6.07, 6.45) is 9.95. The summed E-state index contributed by atoms with van der Waals surface area (Å²) >= 11 is 0. The molecule has 0 aromatic rings. The Morgan fingerprint density at radius 1 is 1.10 bits per heavy atom. The molecule has 0 atom stereocenters. The standard InChI is InChI=1S/C14H26N4O.HI/c15-14(18-12-5-3-1-2-4-6-12)17-10-13(19)16-9-11-7-8-11;/h11-12H,1-10H2,(H,16,19)(H3,15,17,18);1H. The van der Waals surface area contributed by atoms with Gasteiger partial charge >= 0.3 is 0 Å². The van der Waals surface area contributed by atoms with E-state index in [1.54, 1.807) is 0 Å². The quantitative estimate of drug-likeness (QED) is 0.288. The number of hydrogen-bond acceptors (Lipinski definition) is 2. The first-order valence-electron chi connectivity index (χ1n) is 7.57. The van der Waals surface area contributed by atoms with Gasteiger partial charge in [0, 0.05) is 12.6 Å². The Hall–Kier alpha value is -0.530. The SMILES string of the molecule is I.NC(=NCC(=O)NCC1CC1)NC1CCCCCC1. The average Bonchev–Trinajstić information content (AvgIpc) is 3.21. The Balaban J connectivity index is 0.00000200. The largest absolute Gasteiger partial charge is 0.370 e. The van der Waals surface area contributed by atoms with Crippen LogP contribution >= 0.6 is 24.0 Å². The lowest BCUT2D eigenvalue weighted by atomic mass is 10.1. The molecule has 2 rings (SSSR count). The number of amides is 1. The van der Waals surface area contributed by atoms with E-state index in [2.05, 4.69) is 15.6 Å². The maximum Gasteiger partial charge on any atom is 0.241 e. The zero-order valence-corrected chi connectivity index (χ0v) is 14.4. The van der Waals surface area contributed by atoms with Crippen molar-refractivity contribution in [1.29, 1.82) is 0 Å². The van der Waals surface area contributed by atoms with Crippen molar-refractivity contribution < 1.29 is 4.79 Å². The second-order valence-corrected chi connectivity index (χ2v) is 5.78. The molecule has 1 amide bonds. The maximum absolute atomic E-state index is 11.5. The Morgan fingerprint density at radius 2 is 1.75 bits per heavy atom. The van der Waals surface area contributed by atoms with Crippen LogP contribution in [0.1, 0.15) is 51.4 Å². The zero-order valence-electron chi connectivity index (χ0n) is 12.1. The number of hydrogen-bond donors (Lipinski definition) is 3. The molecule has 2 saturated carbocycles. The van der Waals surface area contributed by atoms with Gasteiger partial charge in [-0.05, 0) is 31.6 Å². The Morgan fingerprint density at radius 3 is 2.35 bits per heavy atom. The molecule has 4 N–H and O–H groups in total. The van der Waals surface area contributed by atoms with Crippen LogP contribution in [0.3, 0.4) is 0 Å². The van der Waals surface area contributed by atoms with Gasteiger partial charge in [0.1, 0.15) is 6.54 Å². The summed E-state index contributed by atoms with van der Waals surface area (Å²) in [5.41, 5.74) is 5.83. The molecule has 0 radical (unpaired) electrons. The zero-order chi connectivity index (χ0) is 13.5. The van der Waals surface area contributed by atoms with Crippen molar-refractivity contribution in [3.05, 3.63) is 0 Å². The van der Waals surface area contributed by atoms with Crippen LogP contribution in [0.4, 0.5) is 0 Å². The predicted molar refractivity (Wildman–Crippen MR) is 92.3 cm³/mol. The lowest BCUT2D eigenvalue weighted by molar-refractivity contribution is -0.119. The number of halogens is 1. The average molecular weight is 394 g/mol. The summed E-state index contributed by atoms with van der Waals surface area (Å²) < 4.78 is 0. The van der Waals surface area contributed by atoms with Crippen LogP contribution in [0.15, 0.2) is 4.99 Å². The number of carbonyl (C=O) groups excluding carboxylic acids is 1. The highest BCUT2D eigenvalue weighted by Gasteiger charge is 2.21. The van der Waals surface area contributed by atoms with E-state index in [0.717, 1.165) is 19.4 Å². The minimum absolute atomic E-state index is 0. The topological polar surface area (TPSA) is 79.5 Å². The van der Waals surface area contributed by atoms with Crippen molar-refractivity contribution in [2.75, 3.05) is 13.1 Å². The van der Waals surface area contributed by atoms with Crippen molar-refractivity contribution in [3.63, 3.8) is 0 Å². The van der Waals surface area contributed by atoms with Crippen LogP contribution in [0.2, 0.25) is 0 Å². The smallest absolute Gasteiger partial charge is 0.241 e.